The van der Waals surface area contributed by atoms with Crippen LogP contribution in [0.3, 0.4) is 0 Å². The summed E-state index contributed by atoms with van der Waals surface area (Å²) in [5.41, 5.74) is 0.0972. The summed E-state index contributed by atoms with van der Waals surface area (Å²) in [6.07, 6.45) is 0. The van der Waals surface area contributed by atoms with Crippen LogP contribution in [0.15, 0.2) is 60.7 Å². The highest BCUT2D eigenvalue weighted by Crippen LogP contribution is 2.09. The SMILES string of the molecule is O=C(O)c1cccc(O)c1.c1ccccc1. The Labute approximate surface area is 93.6 Å². The number of benzene rings is 2. The summed E-state index contributed by atoms with van der Waals surface area (Å²) in [5.74, 6) is -1.06. The van der Waals surface area contributed by atoms with Gasteiger partial charge in [0.15, 0.2) is 0 Å². The lowest BCUT2D eigenvalue weighted by Crippen LogP contribution is -1.94. The standard InChI is InChI=1S/C7H6O3.C6H6/c8-6-3-1-2-5(4-6)7(9)10;1-2-4-6-5-3-1/h1-4,8H,(H,9,10);1-6H. The van der Waals surface area contributed by atoms with Gasteiger partial charge in [-0.2, -0.15) is 0 Å². The molecule has 0 aliphatic carbocycles. The van der Waals surface area contributed by atoms with Crippen molar-refractivity contribution < 1.29 is 15.0 Å². The molecule has 3 heteroatoms. The second-order valence-corrected chi connectivity index (χ2v) is 3.01. The summed E-state index contributed by atoms with van der Waals surface area (Å²) in [5, 5.41) is 17.2. The van der Waals surface area contributed by atoms with E-state index < -0.39 is 5.97 Å². The lowest BCUT2D eigenvalue weighted by Gasteiger charge is -1.92. The molecule has 0 aliphatic heterocycles. The van der Waals surface area contributed by atoms with Crippen molar-refractivity contribution in [3.8, 4) is 5.75 Å². The molecule has 0 spiro atoms. The minimum absolute atomic E-state index is 0.0279. The molecular formula is C13H12O3. The molecule has 2 rings (SSSR count). The van der Waals surface area contributed by atoms with Crippen molar-refractivity contribution in [2.75, 3.05) is 0 Å². The first kappa shape index (κ1) is 11.8. The van der Waals surface area contributed by atoms with Gasteiger partial charge in [0.25, 0.3) is 0 Å². The average Bonchev–Trinajstić information content (AvgIpc) is 2.32. The Morgan fingerprint density at radius 3 is 1.69 bits per heavy atom. The van der Waals surface area contributed by atoms with Crippen LogP contribution >= 0.6 is 0 Å². The molecule has 0 bridgehead atoms. The third-order valence-electron chi connectivity index (χ3n) is 1.76. The number of hydrogen-bond acceptors (Lipinski definition) is 2. The summed E-state index contributed by atoms with van der Waals surface area (Å²) < 4.78 is 0. The van der Waals surface area contributed by atoms with E-state index in [9.17, 15) is 4.79 Å². The van der Waals surface area contributed by atoms with Gasteiger partial charge in [-0.05, 0) is 18.2 Å². The normalized spacial score (nSPS) is 8.75. The van der Waals surface area contributed by atoms with Crippen LogP contribution in [-0.4, -0.2) is 16.2 Å². The average molecular weight is 216 g/mol. The molecule has 0 saturated heterocycles. The molecule has 0 radical (unpaired) electrons. The molecule has 2 aromatic carbocycles. The van der Waals surface area contributed by atoms with E-state index in [1.807, 2.05) is 36.4 Å². The monoisotopic (exact) mass is 216 g/mol. The maximum Gasteiger partial charge on any atom is 0.335 e. The van der Waals surface area contributed by atoms with Crippen LogP contribution in [0.2, 0.25) is 0 Å². The topological polar surface area (TPSA) is 57.5 Å². The molecule has 0 saturated carbocycles. The number of carboxylic acids is 1. The highest BCUT2D eigenvalue weighted by atomic mass is 16.4. The largest absolute Gasteiger partial charge is 0.508 e. The van der Waals surface area contributed by atoms with Crippen molar-refractivity contribution >= 4 is 5.97 Å². The van der Waals surface area contributed by atoms with E-state index in [1.54, 1.807) is 0 Å². The Morgan fingerprint density at radius 2 is 1.38 bits per heavy atom. The minimum Gasteiger partial charge on any atom is -0.508 e. The van der Waals surface area contributed by atoms with Gasteiger partial charge in [0.2, 0.25) is 0 Å². The fourth-order valence-corrected chi connectivity index (χ4v) is 1.02. The summed E-state index contributed by atoms with van der Waals surface area (Å²) in [7, 11) is 0. The fraction of sp³-hybridized carbons (Fsp3) is 0. The maximum absolute atomic E-state index is 10.2. The number of phenolic OH excluding ortho intramolecular Hbond substituents is 1. The Balaban J connectivity index is 0.000000181. The highest BCUT2D eigenvalue weighted by Gasteiger charge is 2.00. The Morgan fingerprint density at radius 1 is 0.875 bits per heavy atom. The van der Waals surface area contributed by atoms with Gasteiger partial charge < -0.3 is 10.2 Å². The van der Waals surface area contributed by atoms with Crippen LogP contribution in [0.5, 0.6) is 5.75 Å². The lowest BCUT2D eigenvalue weighted by atomic mass is 10.2. The van der Waals surface area contributed by atoms with Gasteiger partial charge in [0.05, 0.1) is 5.56 Å². The number of aromatic carboxylic acids is 1. The quantitative estimate of drug-likeness (QED) is 0.770. The zero-order valence-corrected chi connectivity index (χ0v) is 8.58. The Bertz CT molecular complexity index is 411. The Kier molecular flexibility index (Phi) is 4.60. The smallest absolute Gasteiger partial charge is 0.335 e. The summed E-state index contributed by atoms with van der Waals surface area (Å²) in [6, 6.07) is 17.5. The Hall–Kier alpha value is -2.29. The van der Waals surface area contributed by atoms with E-state index in [0.717, 1.165) is 0 Å². The molecule has 0 amide bonds. The van der Waals surface area contributed by atoms with E-state index in [0.29, 0.717) is 0 Å². The zero-order valence-electron chi connectivity index (χ0n) is 8.58. The maximum atomic E-state index is 10.2. The summed E-state index contributed by atoms with van der Waals surface area (Å²) in [4.78, 5) is 10.2. The number of phenols is 1. The number of hydrogen-bond donors (Lipinski definition) is 2. The van der Waals surface area contributed by atoms with E-state index in [4.69, 9.17) is 10.2 Å². The number of carboxylic acid groups (broad SMARTS) is 1. The first-order valence-corrected chi connectivity index (χ1v) is 4.72. The first-order chi connectivity index (χ1) is 7.70. The third kappa shape index (κ3) is 4.28. The van der Waals surface area contributed by atoms with Gasteiger partial charge >= 0.3 is 5.97 Å². The van der Waals surface area contributed by atoms with Crippen molar-refractivity contribution in [2.24, 2.45) is 0 Å². The predicted octanol–water partition coefficient (Wildman–Crippen LogP) is 2.78. The van der Waals surface area contributed by atoms with Gasteiger partial charge in [-0.25, -0.2) is 4.79 Å². The van der Waals surface area contributed by atoms with E-state index >= 15 is 0 Å². The van der Waals surface area contributed by atoms with E-state index in [-0.39, 0.29) is 11.3 Å². The lowest BCUT2D eigenvalue weighted by molar-refractivity contribution is 0.0696. The second-order valence-electron chi connectivity index (χ2n) is 3.01. The first-order valence-electron chi connectivity index (χ1n) is 4.72. The molecule has 82 valence electrons. The van der Waals surface area contributed by atoms with Crippen LogP contribution in [0.4, 0.5) is 0 Å². The number of rotatable bonds is 1. The van der Waals surface area contributed by atoms with Gasteiger partial charge in [-0.3, -0.25) is 0 Å². The van der Waals surface area contributed by atoms with Crippen molar-refractivity contribution in [1.29, 1.82) is 0 Å². The molecule has 0 heterocycles. The van der Waals surface area contributed by atoms with E-state index in [1.165, 1.54) is 24.3 Å². The molecule has 2 aromatic rings. The highest BCUT2D eigenvalue weighted by molar-refractivity contribution is 5.87. The minimum atomic E-state index is -1.03. The number of carbonyl (C=O) groups is 1. The molecule has 0 aliphatic rings. The van der Waals surface area contributed by atoms with Crippen LogP contribution in [-0.2, 0) is 0 Å². The van der Waals surface area contributed by atoms with E-state index in [2.05, 4.69) is 0 Å². The molecule has 0 aromatic heterocycles. The molecule has 0 fully saturated rings. The van der Waals surface area contributed by atoms with Crippen molar-refractivity contribution in [1.82, 2.24) is 0 Å². The summed E-state index contributed by atoms with van der Waals surface area (Å²) in [6.45, 7) is 0. The van der Waals surface area contributed by atoms with Crippen LogP contribution < -0.4 is 0 Å². The zero-order chi connectivity index (χ0) is 11.8. The van der Waals surface area contributed by atoms with Gasteiger partial charge in [0, 0.05) is 0 Å². The van der Waals surface area contributed by atoms with Crippen LogP contribution in [0, 0.1) is 0 Å². The predicted molar refractivity (Wildman–Crippen MR) is 61.5 cm³/mol. The van der Waals surface area contributed by atoms with Gasteiger partial charge in [-0.15, -0.1) is 0 Å². The van der Waals surface area contributed by atoms with Crippen molar-refractivity contribution in [3.63, 3.8) is 0 Å². The summed E-state index contributed by atoms with van der Waals surface area (Å²) >= 11 is 0. The van der Waals surface area contributed by atoms with Crippen LogP contribution in [0.25, 0.3) is 0 Å². The second kappa shape index (κ2) is 6.24. The number of aromatic hydroxyl groups is 1. The van der Waals surface area contributed by atoms with Crippen LogP contribution in [0.1, 0.15) is 10.4 Å². The van der Waals surface area contributed by atoms with Gasteiger partial charge in [0.1, 0.15) is 5.75 Å². The molecule has 0 unspecified atom stereocenters. The van der Waals surface area contributed by atoms with Gasteiger partial charge in [-0.1, -0.05) is 42.5 Å². The molecule has 0 atom stereocenters. The molecule has 3 nitrogen and oxygen atoms in total. The third-order valence-corrected chi connectivity index (χ3v) is 1.76. The molecular weight excluding hydrogens is 204 g/mol. The van der Waals surface area contributed by atoms with Crippen molar-refractivity contribution in [2.45, 2.75) is 0 Å². The van der Waals surface area contributed by atoms with Crippen molar-refractivity contribution in [3.05, 3.63) is 66.2 Å². The fourth-order valence-electron chi connectivity index (χ4n) is 1.02. The molecule has 16 heavy (non-hydrogen) atoms. The molecule has 2 N–H and O–H groups in total.